The van der Waals surface area contributed by atoms with Gasteiger partial charge in [-0.05, 0) is 38.5 Å². The highest BCUT2D eigenvalue weighted by atomic mass is 32.1. The molecule has 0 aromatic carbocycles. The normalized spacial score (nSPS) is 12.1. The van der Waals surface area contributed by atoms with Gasteiger partial charge in [-0.1, -0.05) is 0 Å². The predicted octanol–water partition coefficient (Wildman–Crippen LogP) is 3.25. The van der Waals surface area contributed by atoms with Crippen molar-refractivity contribution in [1.82, 2.24) is 20.3 Å². The minimum Gasteiger partial charge on any atom is -0.469 e. The van der Waals surface area contributed by atoms with E-state index in [0.717, 1.165) is 18.6 Å². The fourth-order valence-corrected chi connectivity index (χ4v) is 3.20. The van der Waals surface area contributed by atoms with Gasteiger partial charge in [0.1, 0.15) is 10.6 Å². The fraction of sp³-hybridized carbons (Fsp3) is 0.294. The number of amides is 1. The lowest BCUT2D eigenvalue weighted by atomic mass is 10.1. The number of carbonyl (C=O) groups excluding carboxylic acids is 1. The van der Waals surface area contributed by atoms with Crippen LogP contribution in [-0.4, -0.2) is 26.9 Å². The first-order valence-electron chi connectivity index (χ1n) is 7.71. The number of nitrogens with one attached hydrogen (secondary N) is 1. The summed E-state index contributed by atoms with van der Waals surface area (Å²) in [5, 5.41) is 3.67. The highest BCUT2D eigenvalue weighted by Crippen LogP contribution is 2.25. The van der Waals surface area contributed by atoms with Crippen molar-refractivity contribution < 1.29 is 9.21 Å². The summed E-state index contributed by atoms with van der Waals surface area (Å²) in [6, 6.07) is 5.60. The number of furan rings is 1. The Bertz CT molecular complexity index is 799. The summed E-state index contributed by atoms with van der Waals surface area (Å²) in [5.74, 6) is 1.35. The van der Waals surface area contributed by atoms with E-state index in [-0.39, 0.29) is 11.9 Å². The van der Waals surface area contributed by atoms with Gasteiger partial charge >= 0.3 is 0 Å². The van der Waals surface area contributed by atoms with Gasteiger partial charge in [-0.3, -0.25) is 4.79 Å². The summed E-state index contributed by atoms with van der Waals surface area (Å²) in [4.78, 5) is 25.8. The average Bonchev–Trinajstić information content (AvgIpc) is 3.23. The number of aryl methyl sites for hydroxylation is 2. The molecule has 7 heteroatoms. The summed E-state index contributed by atoms with van der Waals surface area (Å²) in [7, 11) is 0. The molecular formula is C17H18N4O2S. The number of aromatic nitrogens is 3. The van der Waals surface area contributed by atoms with Crippen LogP contribution in [0.5, 0.6) is 0 Å². The van der Waals surface area contributed by atoms with E-state index in [0.29, 0.717) is 21.4 Å². The van der Waals surface area contributed by atoms with Gasteiger partial charge in [0, 0.05) is 24.9 Å². The van der Waals surface area contributed by atoms with E-state index in [1.807, 2.05) is 26.0 Å². The number of thiazole rings is 1. The van der Waals surface area contributed by atoms with Crippen molar-refractivity contribution in [2.45, 2.75) is 32.7 Å². The zero-order chi connectivity index (χ0) is 16.9. The smallest absolute Gasteiger partial charge is 0.263 e. The largest absolute Gasteiger partial charge is 0.469 e. The molecule has 1 atom stereocenters. The lowest BCUT2D eigenvalue weighted by molar-refractivity contribution is 0.0941. The molecule has 0 aliphatic heterocycles. The van der Waals surface area contributed by atoms with Gasteiger partial charge in [0.2, 0.25) is 0 Å². The standard InChI is InChI=1S/C17H18N4O2S/c1-11(6-7-13-5-3-10-23-13)20-16(22)14-12(2)21-17(24-14)15-18-8-4-9-19-15/h3-5,8-11H,6-7H2,1-2H3,(H,20,22)/t11-/m0/s1. The van der Waals surface area contributed by atoms with Crippen LogP contribution in [0.15, 0.2) is 41.3 Å². The minimum absolute atomic E-state index is 0.0422. The number of rotatable bonds is 6. The van der Waals surface area contributed by atoms with E-state index < -0.39 is 0 Å². The molecule has 3 rings (SSSR count). The Morgan fingerprint density at radius 2 is 2.12 bits per heavy atom. The molecule has 24 heavy (non-hydrogen) atoms. The highest BCUT2D eigenvalue weighted by Gasteiger charge is 2.18. The number of carbonyl (C=O) groups is 1. The molecule has 1 amide bonds. The van der Waals surface area contributed by atoms with Crippen molar-refractivity contribution in [2.75, 3.05) is 0 Å². The van der Waals surface area contributed by atoms with Crippen LogP contribution in [-0.2, 0) is 6.42 Å². The van der Waals surface area contributed by atoms with E-state index >= 15 is 0 Å². The Balaban J connectivity index is 1.63. The van der Waals surface area contributed by atoms with Crippen LogP contribution in [0.2, 0.25) is 0 Å². The molecule has 124 valence electrons. The molecular weight excluding hydrogens is 324 g/mol. The van der Waals surface area contributed by atoms with Gasteiger partial charge in [0.25, 0.3) is 5.91 Å². The first-order chi connectivity index (χ1) is 11.6. The third-order valence-electron chi connectivity index (χ3n) is 3.54. The van der Waals surface area contributed by atoms with Crippen LogP contribution in [0.4, 0.5) is 0 Å². The van der Waals surface area contributed by atoms with Crippen LogP contribution in [0.1, 0.15) is 34.5 Å². The van der Waals surface area contributed by atoms with Gasteiger partial charge in [-0.25, -0.2) is 15.0 Å². The molecule has 0 bridgehead atoms. The maximum Gasteiger partial charge on any atom is 0.263 e. The quantitative estimate of drug-likeness (QED) is 0.744. The third-order valence-corrected chi connectivity index (χ3v) is 4.69. The molecule has 0 saturated heterocycles. The van der Waals surface area contributed by atoms with Gasteiger partial charge < -0.3 is 9.73 Å². The maximum absolute atomic E-state index is 12.5. The van der Waals surface area contributed by atoms with Crippen molar-refractivity contribution in [1.29, 1.82) is 0 Å². The summed E-state index contributed by atoms with van der Waals surface area (Å²) in [5.41, 5.74) is 0.693. The molecule has 3 aromatic heterocycles. The van der Waals surface area contributed by atoms with Crippen LogP contribution in [0.25, 0.3) is 10.8 Å². The van der Waals surface area contributed by atoms with Gasteiger partial charge in [0.05, 0.1) is 12.0 Å². The molecule has 1 N–H and O–H groups in total. The Morgan fingerprint density at radius 1 is 1.33 bits per heavy atom. The highest BCUT2D eigenvalue weighted by molar-refractivity contribution is 7.17. The molecule has 0 aliphatic rings. The molecule has 0 radical (unpaired) electrons. The van der Waals surface area contributed by atoms with Gasteiger partial charge in [-0.15, -0.1) is 11.3 Å². The second kappa shape index (κ2) is 7.35. The third kappa shape index (κ3) is 3.86. The molecule has 0 fully saturated rings. The Kier molecular flexibility index (Phi) is 5.00. The summed E-state index contributed by atoms with van der Waals surface area (Å²) in [6.07, 6.45) is 6.59. The molecule has 0 saturated carbocycles. The molecule has 3 aromatic rings. The minimum atomic E-state index is -0.112. The van der Waals surface area contributed by atoms with Crippen molar-refractivity contribution in [3.8, 4) is 10.8 Å². The molecule has 0 unspecified atom stereocenters. The summed E-state index contributed by atoms with van der Waals surface area (Å²) < 4.78 is 5.31. The maximum atomic E-state index is 12.5. The van der Waals surface area contributed by atoms with Crippen molar-refractivity contribution in [3.05, 3.63) is 53.2 Å². The van der Waals surface area contributed by atoms with E-state index in [1.165, 1.54) is 11.3 Å². The monoisotopic (exact) mass is 342 g/mol. The number of nitrogens with zero attached hydrogens (tertiary/aromatic N) is 3. The van der Waals surface area contributed by atoms with Gasteiger partial charge in [0.15, 0.2) is 10.8 Å². The average molecular weight is 342 g/mol. The molecule has 3 heterocycles. The Morgan fingerprint density at radius 3 is 2.83 bits per heavy atom. The van der Waals surface area contributed by atoms with Crippen molar-refractivity contribution >= 4 is 17.2 Å². The van der Waals surface area contributed by atoms with E-state index in [2.05, 4.69) is 20.3 Å². The molecule has 6 nitrogen and oxygen atoms in total. The van der Waals surface area contributed by atoms with Crippen molar-refractivity contribution in [3.63, 3.8) is 0 Å². The molecule has 0 spiro atoms. The zero-order valence-electron chi connectivity index (χ0n) is 13.5. The Labute approximate surface area is 144 Å². The SMILES string of the molecule is Cc1nc(-c2ncccn2)sc1C(=O)N[C@@H](C)CCc1ccco1. The molecule has 0 aliphatic carbocycles. The Hall–Kier alpha value is -2.54. The van der Waals surface area contributed by atoms with E-state index in [9.17, 15) is 4.79 Å². The number of hydrogen-bond acceptors (Lipinski definition) is 6. The number of hydrogen-bond donors (Lipinski definition) is 1. The predicted molar refractivity (Wildman–Crippen MR) is 91.8 cm³/mol. The zero-order valence-corrected chi connectivity index (χ0v) is 14.3. The summed E-state index contributed by atoms with van der Waals surface area (Å²) in [6.45, 7) is 3.81. The van der Waals surface area contributed by atoms with E-state index in [1.54, 1.807) is 24.7 Å². The summed E-state index contributed by atoms with van der Waals surface area (Å²) >= 11 is 1.31. The lowest BCUT2D eigenvalue weighted by Crippen LogP contribution is -2.32. The first kappa shape index (κ1) is 16.3. The van der Waals surface area contributed by atoms with E-state index in [4.69, 9.17) is 4.42 Å². The van der Waals surface area contributed by atoms with Crippen molar-refractivity contribution in [2.24, 2.45) is 0 Å². The second-order valence-electron chi connectivity index (χ2n) is 5.50. The van der Waals surface area contributed by atoms with Crippen LogP contribution >= 0.6 is 11.3 Å². The lowest BCUT2D eigenvalue weighted by Gasteiger charge is -2.12. The second-order valence-corrected chi connectivity index (χ2v) is 6.50. The van der Waals surface area contributed by atoms with Crippen LogP contribution < -0.4 is 5.32 Å². The first-order valence-corrected chi connectivity index (χ1v) is 8.53. The fourth-order valence-electron chi connectivity index (χ4n) is 2.29. The van der Waals surface area contributed by atoms with Gasteiger partial charge in [-0.2, -0.15) is 0 Å². The topological polar surface area (TPSA) is 80.9 Å². The van der Waals surface area contributed by atoms with Crippen LogP contribution in [0, 0.1) is 6.92 Å². The van der Waals surface area contributed by atoms with Crippen LogP contribution in [0.3, 0.4) is 0 Å².